The van der Waals surface area contributed by atoms with Crippen molar-refractivity contribution < 1.29 is 9.59 Å². The average molecular weight is 378 g/mol. The number of nitrogens with one attached hydrogen (secondary N) is 2. The molecule has 0 saturated carbocycles. The van der Waals surface area contributed by atoms with Gasteiger partial charge in [-0.3, -0.25) is 9.59 Å². The number of hydrogen-bond donors (Lipinski definition) is 2. The van der Waals surface area contributed by atoms with Crippen molar-refractivity contribution in [3.63, 3.8) is 0 Å². The number of carbonyl (C=O) groups excluding carboxylic acids is 2. The third-order valence-electron chi connectivity index (χ3n) is 4.30. The molecule has 0 aliphatic rings. The lowest BCUT2D eigenvalue weighted by molar-refractivity contribution is -0.118. The van der Waals surface area contributed by atoms with Crippen molar-refractivity contribution in [1.82, 2.24) is 5.32 Å². The normalized spacial score (nSPS) is 11.6. The summed E-state index contributed by atoms with van der Waals surface area (Å²) >= 11 is 1.36. The van der Waals surface area contributed by atoms with E-state index in [4.69, 9.17) is 0 Å². The van der Waals surface area contributed by atoms with Crippen LogP contribution in [-0.4, -0.2) is 17.9 Å². The van der Waals surface area contributed by atoms with Crippen LogP contribution >= 0.6 is 11.3 Å². The summed E-state index contributed by atoms with van der Waals surface area (Å²) in [4.78, 5) is 26.1. The molecule has 5 heteroatoms. The SMILES string of the molecule is Cc1ccc(C)c(NC(=O)C(Cc2ccccc2)NC(=O)c2cccs2)c1. The fourth-order valence-corrected chi connectivity index (χ4v) is 3.41. The number of aryl methyl sites for hydroxylation is 2. The Morgan fingerprint density at radius 1 is 1.00 bits per heavy atom. The lowest BCUT2D eigenvalue weighted by Crippen LogP contribution is -2.45. The van der Waals surface area contributed by atoms with Gasteiger partial charge in [-0.2, -0.15) is 0 Å². The van der Waals surface area contributed by atoms with E-state index in [1.54, 1.807) is 6.07 Å². The van der Waals surface area contributed by atoms with Crippen LogP contribution in [0.5, 0.6) is 0 Å². The molecule has 0 bridgehead atoms. The first-order valence-electron chi connectivity index (χ1n) is 8.79. The summed E-state index contributed by atoms with van der Waals surface area (Å²) in [6.07, 6.45) is 0.425. The highest BCUT2D eigenvalue weighted by molar-refractivity contribution is 7.12. The van der Waals surface area contributed by atoms with Gasteiger partial charge in [0.2, 0.25) is 5.91 Å². The van der Waals surface area contributed by atoms with E-state index in [0.717, 1.165) is 22.4 Å². The molecule has 0 aliphatic heterocycles. The highest BCUT2D eigenvalue weighted by Gasteiger charge is 2.23. The zero-order chi connectivity index (χ0) is 19.2. The summed E-state index contributed by atoms with van der Waals surface area (Å²) in [5.74, 6) is -0.459. The standard InChI is InChI=1S/C22H22N2O2S/c1-15-10-11-16(2)18(13-15)23-21(25)19(14-17-7-4-3-5-8-17)24-22(26)20-9-6-12-27-20/h3-13,19H,14H2,1-2H3,(H,23,25)(H,24,26). The average Bonchev–Trinajstić information content (AvgIpc) is 3.20. The van der Waals surface area contributed by atoms with E-state index >= 15 is 0 Å². The predicted octanol–water partition coefficient (Wildman–Crippen LogP) is 4.34. The number of rotatable bonds is 6. The van der Waals surface area contributed by atoms with Crippen LogP contribution in [0.25, 0.3) is 0 Å². The molecule has 2 N–H and O–H groups in total. The van der Waals surface area contributed by atoms with E-state index in [1.807, 2.05) is 73.8 Å². The largest absolute Gasteiger partial charge is 0.339 e. The Bertz CT molecular complexity index is 921. The Labute approximate surface area is 163 Å². The Morgan fingerprint density at radius 2 is 1.78 bits per heavy atom. The summed E-state index contributed by atoms with van der Waals surface area (Å²) in [5.41, 5.74) is 3.81. The maximum Gasteiger partial charge on any atom is 0.262 e. The molecule has 0 saturated heterocycles. The second-order valence-corrected chi connectivity index (χ2v) is 7.45. The molecule has 1 heterocycles. The van der Waals surface area contributed by atoms with Crippen molar-refractivity contribution in [2.75, 3.05) is 5.32 Å². The Kier molecular flexibility index (Phi) is 6.04. The van der Waals surface area contributed by atoms with Crippen molar-refractivity contribution in [2.24, 2.45) is 0 Å². The molecule has 3 aromatic rings. The fourth-order valence-electron chi connectivity index (χ4n) is 2.79. The second kappa shape index (κ2) is 8.64. The van der Waals surface area contributed by atoms with Crippen molar-refractivity contribution in [3.05, 3.63) is 87.6 Å². The van der Waals surface area contributed by atoms with Gasteiger partial charge in [-0.25, -0.2) is 0 Å². The summed E-state index contributed by atoms with van der Waals surface area (Å²) in [5, 5.41) is 7.70. The topological polar surface area (TPSA) is 58.2 Å². The van der Waals surface area contributed by atoms with Gasteiger partial charge in [0.25, 0.3) is 5.91 Å². The molecule has 27 heavy (non-hydrogen) atoms. The summed E-state index contributed by atoms with van der Waals surface area (Å²) in [6.45, 7) is 3.93. The number of anilines is 1. The highest BCUT2D eigenvalue weighted by Crippen LogP contribution is 2.17. The molecule has 0 radical (unpaired) electrons. The molecule has 1 atom stereocenters. The van der Waals surface area contributed by atoms with Crippen LogP contribution in [0.1, 0.15) is 26.4 Å². The van der Waals surface area contributed by atoms with Gasteiger partial charge < -0.3 is 10.6 Å². The third kappa shape index (κ3) is 5.05. The zero-order valence-corrected chi connectivity index (χ0v) is 16.2. The van der Waals surface area contributed by atoms with Gasteiger partial charge in [-0.1, -0.05) is 48.5 Å². The molecule has 0 aliphatic carbocycles. The van der Waals surface area contributed by atoms with Crippen LogP contribution in [0.2, 0.25) is 0 Å². The van der Waals surface area contributed by atoms with Gasteiger partial charge in [0, 0.05) is 12.1 Å². The van der Waals surface area contributed by atoms with E-state index in [1.165, 1.54) is 11.3 Å². The summed E-state index contributed by atoms with van der Waals surface area (Å²) in [7, 11) is 0. The summed E-state index contributed by atoms with van der Waals surface area (Å²) < 4.78 is 0. The van der Waals surface area contributed by atoms with Gasteiger partial charge >= 0.3 is 0 Å². The maximum absolute atomic E-state index is 13.0. The minimum absolute atomic E-state index is 0.225. The van der Waals surface area contributed by atoms with Gasteiger partial charge in [0.15, 0.2) is 0 Å². The van der Waals surface area contributed by atoms with Crippen molar-refractivity contribution in [2.45, 2.75) is 26.3 Å². The van der Waals surface area contributed by atoms with Gasteiger partial charge in [-0.05, 0) is 48.1 Å². The predicted molar refractivity (Wildman–Crippen MR) is 110 cm³/mol. The number of hydrogen-bond acceptors (Lipinski definition) is 3. The maximum atomic E-state index is 13.0. The highest BCUT2D eigenvalue weighted by atomic mass is 32.1. The van der Waals surface area contributed by atoms with Crippen LogP contribution in [0, 0.1) is 13.8 Å². The molecular formula is C22H22N2O2S. The Morgan fingerprint density at radius 3 is 2.48 bits per heavy atom. The number of benzene rings is 2. The van der Waals surface area contributed by atoms with E-state index < -0.39 is 6.04 Å². The van der Waals surface area contributed by atoms with Crippen LogP contribution in [0.15, 0.2) is 66.0 Å². The molecular weight excluding hydrogens is 356 g/mol. The third-order valence-corrected chi connectivity index (χ3v) is 5.17. The minimum atomic E-state index is -0.665. The first-order chi connectivity index (χ1) is 13.0. The number of thiophene rings is 1. The van der Waals surface area contributed by atoms with Crippen LogP contribution in [-0.2, 0) is 11.2 Å². The van der Waals surface area contributed by atoms with Gasteiger partial charge in [-0.15, -0.1) is 11.3 Å². The smallest absolute Gasteiger partial charge is 0.262 e. The molecule has 0 fully saturated rings. The molecule has 4 nitrogen and oxygen atoms in total. The first-order valence-corrected chi connectivity index (χ1v) is 9.67. The fraction of sp³-hybridized carbons (Fsp3) is 0.182. The molecule has 1 unspecified atom stereocenters. The monoisotopic (exact) mass is 378 g/mol. The zero-order valence-electron chi connectivity index (χ0n) is 15.4. The van der Waals surface area contributed by atoms with Crippen molar-refractivity contribution in [3.8, 4) is 0 Å². The van der Waals surface area contributed by atoms with E-state index in [0.29, 0.717) is 11.3 Å². The second-order valence-electron chi connectivity index (χ2n) is 6.50. The van der Waals surface area contributed by atoms with Crippen molar-refractivity contribution >= 4 is 28.8 Å². The van der Waals surface area contributed by atoms with E-state index in [-0.39, 0.29) is 11.8 Å². The molecule has 0 spiro atoms. The Balaban J connectivity index is 1.80. The van der Waals surface area contributed by atoms with Crippen LogP contribution in [0.3, 0.4) is 0 Å². The number of carbonyl (C=O) groups is 2. The molecule has 1 aromatic heterocycles. The lowest BCUT2D eigenvalue weighted by Gasteiger charge is -2.19. The van der Waals surface area contributed by atoms with Crippen LogP contribution < -0.4 is 10.6 Å². The lowest BCUT2D eigenvalue weighted by atomic mass is 10.0. The molecule has 138 valence electrons. The molecule has 3 rings (SSSR count). The van der Waals surface area contributed by atoms with E-state index in [2.05, 4.69) is 10.6 Å². The quantitative estimate of drug-likeness (QED) is 0.670. The van der Waals surface area contributed by atoms with E-state index in [9.17, 15) is 9.59 Å². The molecule has 2 aromatic carbocycles. The summed E-state index contributed by atoms with van der Waals surface area (Å²) in [6, 6.07) is 18.5. The van der Waals surface area contributed by atoms with Crippen molar-refractivity contribution in [1.29, 1.82) is 0 Å². The van der Waals surface area contributed by atoms with Crippen LogP contribution in [0.4, 0.5) is 5.69 Å². The molecule has 2 amide bonds. The minimum Gasteiger partial charge on any atom is -0.339 e. The first kappa shape index (κ1) is 18.9. The Hall–Kier alpha value is -2.92. The van der Waals surface area contributed by atoms with Gasteiger partial charge in [0.1, 0.15) is 6.04 Å². The number of amides is 2. The van der Waals surface area contributed by atoms with Gasteiger partial charge in [0.05, 0.1) is 4.88 Å².